The first-order valence-electron chi connectivity index (χ1n) is 9.66. The van der Waals surface area contributed by atoms with Gasteiger partial charge in [-0.1, -0.05) is 12.5 Å². The monoisotopic (exact) mass is 407 g/mol. The van der Waals surface area contributed by atoms with Gasteiger partial charge in [0, 0.05) is 25.1 Å². The molecule has 1 atom stereocenters. The fraction of sp³-hybridized carbons (Fsp3) is 0.409. The molecule has 2 aliphatic rings. The number of benzene rings is 2. The maximum absolute atomic E-state index is 13.4. The average Bonchev–Trinajstić information content (AvgIpc) is 3.06. The Bertz CT molecular complexity index is 929. The van der Waals surface area contributed by atoms with Crippen LogP contribution in [0.15, 0.2) is 36.4 Å². The number of carbonyl (C=O) groups excluding carboxylic acids is 1. The Balaban J connectivity index is 1.40. The molecule has 1 heterocycles. The van der Waals surface area contributed by atoms with Crippen LogP contribution in [-0.4, -0.2) is 30.5 Å². The summed E-state index contributed by atoms with van der Waals surface area (Å²) < 4.78 is 58.6. The summed E-state index contributed by atoms with van der Waals surface area (Å²) >= 11 is 0. The van der Waals surface area contributed by atoms with Gasteiger partial charge in [0.15, 0.2) is 23.3 Å². The van der Waals surface area contributed by atoms with E-state index in [1.807, 2.05) is 0 Å². The largest absolute Gasteiger partial charge is 0.493 e. The molecule has 7 heteroatoms. The number of rotatable bonds is 5. The second-order valence-corrected chi connectivity index (χ2v) is 8.00. The molecule has 1 spiro atoms. The van der Waals surface area contributed by atoms with Crippen molar-refractivity contribution in [1.29, 1.82) is 0 Å². The summed E-state index contributed by atoms with van der Waals surface area (Å²) in [5.41, 5.74) is 0.403. The number of carbonyl (C=O) groups is 1. The number of likely N-dealkylation sites (tertiary alicyclic amines) is 1. The molecule has 29 heavy (non-hydrogen) atoms. The van der Waals surface area contributed by atoms with Crippen LogP contribution in [0.2, 0.25) is 0 Å². The van der Waals surface area contributed by atoms with Crippen molar-refractivity contribution in [2.45, 2.75) is 25.7 Å². The molecule has 0 radical (unpaired) electrons. The van der Waals surface area contributed by atoms with Crippen molar-refractivity contribution in [3.8, 4) is 5.75 Å². The summed E-state index contributed by atoms with van der Waals surface area (Å²) in [6, 6.07) is 6.90. The summed E-state index contributed by atoms with van der Waals surface area (Å²) in [4.78, 5) is 14.5. The van der Waals surface area contributed by atoms with Crippen LogP contribution in [0, 0.1) is 34.6 Å². The molecule has 1 unspecified atom stereocenters. The highest BCUT2D eigenvalue weighted by Crippen LogP contribution is 2.51. The van der Waals surface area contributed by atoms with Crippen LogP contribution in [0.25, 0.3) is 0 Å². The third kappa shape index (κ3) is 3.95. The molecular weight excluding hydrogens is 386 g/mol. The molecule has 0 N–H and O–H groups in total. The molecule has 1 aliphatic heterocycles. The van der Waals surface area contributed by atoms with E-state index in [0.29, 0.717) is 25.3 Å². The van der Waals surface area contributed by atoms with Crippen molar-refractivity contribution < 1.29 is 27.1 Å². The molecule has 1 saturated carbocycles. The lowest BCUT2D eigenvalue weighted by molar-refractivity contribution is -0.130. The first kappa shape index (κ1) is 19.7. The van der Waals surface area contributed by atoms with Crippen LogP contribution in [0.4, 0.5) is 17.6 Å². The predicted molar refractivity (Wildman–Crippen MR) is 98.3 cm³/mol. The van der Waals surface area contributed by atoms with Gasteiger partial charge < -0.3 is 9.64 Å². The zero-order valence-electron chi connectivity index (χ0n) is 15.8. The molecule has 2 aromatic carbocycles. The van der Waals surface area contributed by atoms with Crippen molar-refractivity contribution in [2.24, 2.45) is 11.3 Å². The van der Waals surface area contributed by atoms with E-state index in [-0.39, 0.29) is 29.4 Å². The first-order valence-corrected chi connectivity index (χ1v) is 9.66. The Hall–Kier alpha value is -2.57. The average molecular weight is 407 g/mol. The number of amides is 1. The van der Waals surface area contributed by atoms with E-state index < -0.39 is 23.3 Å². The molecule has 2 fully saturated rings. The third-order valence-electron chi connectivity index (χ3n) is 6.20. The SMILES string of the molecule is O=C(Cc1ccc(F)c(F)c1)N1CC(COc2ccc(F)c(F)c2)C2(CCC2)C1. The Labute approximate surface area is 166 Å². The summed E-state index contributed by atoms with van der Waals surface area (Å²) in [5, 5.41) is 0. The summed E-state index contributed by atoms with van der Waals surface area (Å²) in [7, 11) is 0. The highest BCUT2D eigenvalue weighted by atomic mass is 19.2. The number of hydrogen-bond acceptors (Lipinski definition) is 2. The molecule has 154 valence electrons. The second kappa shape index (κ2) is 7.69. The minimum atomic E-state index is -0.968. The highest BCUT2D eigenvalue weighted by molar-refractivity contribution is 5.79. The van der Waals surface area contributed by atoms with Crippen molar-refractivity contribution in [1.82, 2.24) is 4.90 Å². The molecule has 4 rings (SSSR count). The molecule has 0 bridgehead atoms. The highest BCUT2D eigenvalue weighted by Gasteiger charge is 2.51. The van der Waals surface area contributed by atoms with E-state index >= 15 is 0 Å². The minimum absolute atomic E-state index is 0.00400. The number of halogens is 4. The van der Waals surface area contributed by atoms with Gasteiger partial charge >= 0.3 is 0 Å². The number of ether oxygens (including phenoxy) is 1. The van der Waals surface area contributed by atoms with E-state index in [4.69, 9.17) is 4.74 Å². The predicted octanol–water partition coefficient (Wildman–Crippen LogP) is 4.49. The molecule has 0 aromatic heterocycles. The maximum atomic E-state index is 13.4. The van der Waals surface area contributed by atoms with E-state index in [2.05, 4.69) is 0 Å². The van der Waals surface area contributed by atoms with Crippen LogP contribution in [0.1, 0.15) is 24.8 Å². The fourth-order valence-electron chi connectivity index (χ4n) is 4.35. The zero-order chi connectivity index (χ0) is 20.6. The van der Waals surface area contributed by atoms with Crippen molar-refractivity contribution in [2.75, 3.05) is 19.7 Å². The molecular formula is C22H21F4NO2. The standard InChI is InChI=1S/C22H21F4NO2/c23-17-4-2-14(8-19(17)25)9-21(28)27-11-15(22(13-27)6-1-7-22)12-29-16-3-5-18(24)20(26)10-16/h2-5,8,10,15H,1,6-7,9,11-13H2. The first-order chi connectivity index (χ1) is 13.9. The van der Waals surface area contributed by atoms with Crippen LogP contribution >= 0.6 is 0 Å². The second-order valence-electron chi connectivity index (χ2n) is 8.00. The van der Waals surface area contributed by atoms with Gasteiger partial charge in [0.25, 0.3) is 0 Å². The Morgan fingerprint density at radius 1 is 1.00 bits per heavy atom. The van der Waals surface area contributed by atoms with E-state index in [9.17, 15) is 22.4 Å². The number of hydrogen-bond donors (Lipinski definition) is 0. The topological polar surface area (TPSA) is 29.5 Å². The van der Waals surface area contributed by atoms with Crippen molar-refractivity contribution in [3.63, 3.8) is 0 Å². The van der Waals surface area contributed by atoms with Gasteiger partial charge in [-0.3, -0.25) is 4.79 Å². The zero-order valence-corrected chi connectivity index (χ0v) is 15.8. The van der Waals surface area contributed by atoms with Crippen LogP contribution in [-0.2, 0) is 11.2 Å². The quantitative estimate of drug-likeness (QED) is 0.684. The van der Waals surface area contributed by atoms with Gasteiger partial charge in [-0.2, -0.15) is 0 Å². The normalized spacial score (nSPS) is 20.0. The van der Waals surface area contributed by atoms with Gasteiger partial charge in [0.05, 0.1) is 13.0 Å². The van der Waals surface area contributed by atoms with Gasteiger partial charge in [0.2, 0.25) is 5.91 Å². The van der Waals surface area contributed by atoms with Crippen LogP contribution in [0.5, 0.6) is 5.75 Å². The molecule has 3 nitrogen and oxygen atoms in total. The van der Waals surface area contributed by atoms with Crippen molar-refractivity contribution >= 4 is 5.91 Å². The third-order valence-corrected chi connectivity index (χ3v) is 6.20. The number of nitrogens with zero attached hydrogens (tertiary/aromatic N) is 1. The summed E-state index contributed by atoms with van der Waals surface area (Å²) in [6.45, 7) is 1.40. The van der Waals surface area contributed by atoms with Crippen LogP contribution < -0.4 is 4.74 Å². The Morgan fingerprint density at radius 3 is 2.31 bits per heavy atom. The molecule has 2 aromatic rings. The molecule has 1 saturated heterocycles. The minimum Gasteiger partial charge on any atom is -0.493 e. The smallest absolute Gasteiger partial charge is 0.227 e. The van der Waals surface area contributed by atoms with Gasteiger partial charge in [-0.25, -0.2) is 17.6 Å². The summed E-state index contributed by atoms with van der Waals surface area (Å²) in [5.74, 6) is -3.60. The maximum Gasteiger partial charge on any atom is 0.227 e. The van der Waals surface area contributed by atoms with Crippen LogP contribution in [0.3, 0.4) is 0 Å². The van der Waals surface area contributed by atoms with E-state index in [1.165, 1.54) is 12.1 Å². The lowest BCUT2D eigenvalue weighted by atomic mass is 9.63. The van der Waals surface area contributed by atoms with Gasteiger partial charge in [-0.15, -0.1) is 0 Å². The summed E-state index contributed by atoms with van der Waals surface area (Å²) in [6.07, 6.45) is 3.04. The van der Waals surface area contributed by atoms with Crippen molar-refractivity contribution in [3.05, 3.63) is 65.2 Å². The van der Waals surface area contributed by atoms with Gasteiger partial charge in [0.1, 0.15) is 5.75 Å². The molecule has 1 amide bonds. The lowest BCUT2D eigenvalue weighted by Gasteiger charge is -2.42. The van der Waals surface area contributed by atoms with E-state index in [1.54, 1.807) is 4.90 Å². The fourth-order valence-corrected chi connectivity index (χ4v) is 4.35. The Morgan fingerprint density at radius 2 is 1.69 bits per heavy atom. The lowest BCUT2D eigenvalue weighted by Crippen LogP contribution is -2.40. The van der Waals surface area contributed by atoms with Gasteiger partial charge in [-0.05, 0) is 48.1 Å². The van der Waals surface area contributed by atoms with E-state index in [0.717, 1.165) is 43.5 Å². The Kier molecular flexibility index (Phi) is 5.23. The molecule has 1 aliphatic carbocycles.